The van der Waals surface area contributed by atoms with Gasteiger partial charge in [0.1, 0.15) is 5.15 Å². The van der Waals surface area contributed by atoms with Crippen molar-refractivity contribution < 1.29 is 4.79 Å². The van der Waals surface area contributed by atoms with E-state index in [9.17, 15) is 4.79 Å². The fourth-order valence-corrected chi connectivity index (χ4v) is 1.36. The van der Waals surface area contributed by atoms with Gasteiger partial charge < -0.3 is 5.32 Å². The molecule has 0 aliphatic rings. The van der Waals surface area contributed by atoms with E-state index in [1.165, 1.54) is 0 Å². The third-order valence-electron chi connectivity index (χ3n) is 1.90. The van der Waals surface area contributed by atoms with Crippen molar-refractivity contribution in [2.45, 2.75) is 19.9 Å². The van der Waals surface area contributed by atoms with Crippen molar-refractivity contribution >= 4 is 17.5 Å². The van der Waals surface area contributed by atoms with Crippen molar-refractivity contribution in [3.05, 3.63) is 41.2 Å². The van der Waals surface area contributed by atoms with Crippen LogP contribution in [0.1, 0.15) is 23.0 Å². The highest BCUT2D eigenvalue weighted by Gasteiger charge is 2.09. The van der Waals surface area contributed by atoms with Gasteiger partial charge in [0.25, 0.3) is 5.91 Å². The summed E-state index contributed by atoms with van der Waals surface area (Å²) in [6.45, 7) is 7.23. The summed E-state index contributed by atoms with van der Waals surface area (Å²) in [5.74, 6) is -0.171. The van der Waals surface area contributed by atoms with Gasteiger partial charge in [0, 0.05) is 17.3 Å². The molecule has 1 atom stereocenters. The summed E-state index contributed by atoms with van der Waals surface area (Å²) in [4.78, 5) is 15.7. The van der Waals surface area contributed by atoms with Crippen LogP contribution in [0.4, 0.5) is 0 Å². The van der Waals surface area contributed by atoms with Gasteiger partial charge in [-0.15, -0.1) is 6.58 Å². The van der Waals surface area contributed by atoms with Crippen LogP contribution in [0.3, 0.4) is 0 Å². The summed E-state index contributed by atoms with van der Waals surface area (Å²) in [6, 6.07) is 3.17. The quantitative estimate of drug-likeness (QED) is 0.633. The van der Waals surface area contributed by atoms with E-state index in [2.05, 4.69) is 16.9 Å². The second-order valence-electron chi connectivity index (χ2n) is 3.32. The molecule has 4 heteroatoms. The number of pyridine rings is 1. The molecule has 3 nitrogen and oxygen atoms in total. The minimum atomic E-state index is -0.171. The number of nitrogens with one attached hydrogen (secondary N) is 1. The maximum atomic E-state index is 11.7. The predicted molar refractivity (Wildman–Crippen MR) is 61.1 cm³/mol. The lowest BCUT2D eigenvalue weighted by molar-refractivity contribution is 0.0947. The average molecular weight is 225 g/mol. The Morgan fingerprint density at radius 3 is 2.87 bits per heavy atom. The Kier molecular flexibility index (Phi) is 3.86. The molecule has 1 rings (SSSR count). The first kappa shape index (κ1) is 11.7. The van der Waals surface area contributed by atoms with Gasteiger partial charge in [0.15, 0.2) is 0 Å². The normalized spacial score (nSPS) is 11.9. The van der Waals surface area contributed by atoms with Crippen LogP contribution in [-0.2, 0) is 0 Å². The highest BCUT2D eigenvalue weighted by Crippen LogP contribution is 2.10. The van der Waals surface area contributed by atoms with E-state index in [1.54, 1.807) is 25.1 Å². The Bertz CT molecular complexity index is 370. The number of halogens is 1. The number of carbonyl (C=O) groups excluding carboxylic acids is 1. The van der Waals surface area contributed by atoms with E-state index in [4.69, 9.17) is 11.6 Å². The molecule has 0 spiro atoms. The Morgan fingerprint density at radius 1 is 1.67 bits per heavy atom. The van der Waals surface area contributed by atoms with Crippen LogP contribution < -0.4 is 5.32 Å². The summed E-state index contributed by atoms with van der Waals surface area (Å²) < 4.78 is 0. The molecule has 0 unspecified atom stereocenters. The fraction of sp³-hybridized carbons (Fsp3) is 0.273. The van der Waals surface area contributed by atoms with Gasteiger partial charge in [-0.25, -0.2) is 4.98 Å². The van der Waals surface area contributed by atoms with Crippen LogP contribution >= 0.6 is 11.6 Å². The standard InChI is InChI=1S/C11H13ClN2O/c1-4-7(2)14-11(15)9-5-8(3)13-10(12)6-9/h4-7H,1H2,2-3H3,(H,14,15)/t7-/m1/s1. The molecular formula is C11H13ClN2O. The van der Waals surface area contributed by atoms with Crippen molar-refractivity contribution in [1.82, 2.24) is 10.3 Å². The largest absolute Gasteiger partial charge is 0.346 e. The number of hydrogen-bond donors (Lipinski definition) is 1. The van der Waals surface area contributed by atoms with Crippen LogP contribution in [0, 0.1) is 6.92 Å². The van der Waals surface area contributed by atoms with Gasteiger partial charge in [-0.05, 0) is 26.0 Å². The van der Waals surface area contributed by atoms with Crippen molar-refractivity contribution in [3.63, 3.8) is 0 Å². The molecule has 15 heavy (non-hydrogen) atoms. The van der Waals surface area contributed by atoms with Crippen molar-refractivity contribution in [2.24, 2.45) is 0 Å². The lowest BCUT2D eigenvalue weighted by atomic mass is 10.2. The van der Waals surface area contributed by atoms with Crippen LogP contribution in [0.25, 0.3) is 0 Å². The maximum Gasteiger partial charge on any atom is 0.251 e. The van der Waals surface area contributed by atoms with Gasteiger partial charge >= 0.3 is 0 Å². The predicted octanol–water partition coefficient (Wildman–Crippen LogP) is 2.35. The first-order chi connectivity index (χ1) is 7.02. The number of hydrogen-bond acceptors (Lipinski definition) is 2. The molecular weight excluding hydrogens is 212 g/mol. The number of aromatic nitrogens is 1. The van der Waals surface area contributed by atoms with Crippen LogP contribution in [0.15, 0.2) is 24.8 Å². The van der Waals surface area contributed by atoms with E-state index >= 15 is 0 Å². The molecule has 1 aromatic heterocycles. The molecule has 1 amide bonds. The zero-order chi connectivity index (χ0) is 11.4. The Morgan fingerprint density at radius 2 is 2.33 bits per heavy atom. The zero-order valence-corrected chi connectivity index (χ0v) is 9.51. The molecule has 80 valence electrons. The Balaban J connectivity index is 2.86. The molecule has 0 fully saturated rings. The fourth-order valence-electron chi connectivity index (χ4n) is 1.11. The van der Waals surface area contributed by atoms with E-state index in [-0.39, 0.29) is 11.9 Å². The van der Waals surface area contributed by atoms with E-state index in [0.717, 1.165) is 5.69 Å². The molecule has 1 N–H and O–H groups in total. The molecule has 0 saturated heterocycles. The summed E-state index contributed by atoms with van der Waals surface area (Å²) >= 11 is 5.75. The lowest BCUT2D eigenvalue weighted by Gasteiger charge is -2.09. The highest BCUT2D eigenvalue weighted by molar-refractivity contribution is 6.29. The molecule has 0 aliphatic carbocycles. The first-order valence-corrected chi connectivity index (χ1v) is 4.98. The van der Waals surface area contributed by atoms with E-state index in [1.807, 2.05) is 6.92 Å². The molecule has 0 saturated carbocycles. The lowest BCUT2D eigenvalue weighted by Crippen LogP contribution is -2.30. The van der Waals surface area contributed by atoms with Gasteiger partial charge in [-0.3, -0.25) is 4.79 Å². The number of nitrogens with zero attached hydrogens (tertiary/aromatic N) is 1. The number of rotatable bonds is 3. The van der Waals surface area contributed by atoms with Gasteiger partial charge in [0.2, 0.25) is 0 Å². The molecule has 0 aliphatic heterocycles. The number of aryl methyl sites for hydroxylation is 1. The molecule has 0 radical (unpaired) electrons. The van der Waals surface area contributed by atoms with Gasteiger partial charge in [0.05, 0.1) is 0 Å². The smallest absolute Gasteiger partial charge is 0.251 e. The minimum absolute atomic E-state index is 0.0650. The first-order valence-electron chi connectivity index (χ1n) is 4.60. The SMILES string of the molecule is C=C[C@@H](C)NC(=O)c1cc(C)nc(Cl)c1. The van der Waals surface area contributed by atoms with E-state index < -0.39 is 0 Å². The monoisotopic (exact) mass is 224 g/mol. The zero-order valence-electron chi connectivity index (χ0n) is 8.75. The molecule has 1 aromatic rings. The average Bonchev–Trinajstić information content (AvgIpc) is 2.16. The van der Waals surface area contributed by atoms with E-state index in [0.29, 0.717) is 10.7 Å². The molecule has 0 bridgehead atoms. The van der Waals surface area contributed by atoms with Crippen LogP contribution in [0.2, 0.25) is 5.15 Å². The van der Waals surface area contributed by atoms with Crippen LogP contribution in [0.5, 0.6) is 0 Å². The van der Waals surface area contributed by atoms with Crippen molar-refractivity contribution in [1.29, 1.82) is 0 Å². The summed E-state index contributed by atoms with van der Waals surface area (Å²) in [7, 11) is 0. The van der Waals surface area contributed by atoms with Crippen LogP contribution in [-0.4, -0.2) is 16.9 Å². The number of amides is 1. The minimum Gasteiger partial charge on any atom is -0.346 e. The van der Waals surface area contributed by atoms with Crippen molar-refractivity contribution in [3.8, 4) is 0 Å². The molecule has 1 heterocycles. The topological polar surface area (TPSA) is 42.0 Å². The second kappa shape index (κ2) is 4.94. The Hall–Kier alpha value is -1.35. The summed E-state index contributed by atoms with van der Waals surface area (Å²) in [5.41, 5.74) is 1.24. The van der Waals surface area contributed by atoms with Gasteiger partial charge in [-0.2, -0.15) is 0 Å². The third kappa shape index (κ3) is 3.36. The summed E-state index contributed by atoms with van der Waals surface area (Å²) in [5, 5.41) is 3.08. The number of carbonyl (C=O) groups is 1. The van der Waals surface area contributed by atoms with Gasteiger partial charge in [-0.1, -0.05) is 17.7 Å². The Labute approximate surface area is 94.2 Å². The molecule has 0 aromatic carbocycles. The van der Waals surface area contributed by atoms with Crippen molar-refractivity contribution in [2.75, 3.05) is 0 Å². The third-order valence-corrected chi connectivity index (χ3v) is 2.09. The highest BCUT2D eigenvalue weighted by atomic mass is 35.5. The summed E-state index contributed by atoms with van der Waals surface area (Å²) in [6.07, 6.45) is 1.66. The maximum absolute atomic E-state index is 11.7. The second-order valence-corrected chi connectivity index (χ2v) is 3.71.